The first-order valence-electron chi connectivity index (χ1n) is 8.67. The molecule has 0 amide bonds. The highest BCUT2D eigenvalue weighted by Crippen LogP contribution is 2.42. The molecule has 2 fully saturated rings. The van der Waals surface area contributed by atoms with Gasteiger partial charge in [-0.3, -0.25) is 0 Å². The number of terminal acetylenes is 1. The van der Waals surface area contributed by atoms with Crippen LogP contribution in [-0.2, 0) is 4.74 Å². The first-order valence-corrected chi connectivity index (χ1v) is 8.67. The lowest BCUT2D eigenvalue weighted by atomic mass is 9.96. The Hall–Kier alpha value is -1.77. The van der Waals surface area contributed by atoms with Gasteiger partial charge in [-0.2, -0.15) is 0 Å². The monoisotopic (exact) mass is 402 g/mol. The van der Waals surface area contributed by atoms with Gasteiger partial charge in [-0.05, 0) is 12.0 Å². The summed E-state index contributed by atoms with van der Waals surface area (Å²) in [6.45, 7) is 0.776. The Kier molecular flexibility index (Phi) is 4.95. The summed E-state index contributed by atoms with van der Waals surface area (Å²) in [7, 11) is 2.26. The van der Waals surface area contributed by atoms with Crippen LogP contribution in [0.3, 0.4) is 0 Å². The van der Waals surface area contributed by atoms with Crippen molar-refractivity contribution in [2.24, 2.45) is 0 Å². The lowest BCUT2D eigenvalue weighted by molar-refractivity contribution is -0.943. The van der Waals surface area contributed by atoms with Crippen LogP contribution < -0.4 is 17.0 Å². The van der Waals surface area contributed by atoms with Gasteiger partial charge in [0, 0.05) is 42.8 Å². The second-order valence-electron chi connectivity index (χ2n) is 7.34. The number of halogens is 1. The van der Waals surface area contributed by atoms with Gasteiger partial charge in [0.05, 0.1) is 24.7 Å². The van der Waals surface area contributed by atoms with Crippen LogP contribution >= 0.6 is 0 Å². The van der Waals surface area contributed by atoms with E-state index in [1.165, 1.54) is 12.8 Å². The zero-order valence-electron chi connectivity index (χ0n) is 14.4. The number of hydrogen-bond donors (Lipinski definition) is 1. The van der Waals surface area contributed by atoms with Crippen LogP contribution in [0.5, 0.6) is 0 Å². The Bertz CT molecular complexity index is 808. The predicted molar refractivity (Wildman–Crippen MR) is 93.4 cm³/mol. The van der Waals surface area contributed by atoms with Gasteiger partial charge in [-0.25, -0.2) is 4.79 Å². The normalized spacial score (nSPS) is 30.5. The van der Waals surface area contributed by atoms with Gasteiger partial charge in [-0.1, -0.05) is 18.2 Å². The lowest BCUT2D eigenvalue weighted by Crippen LogP contribution is -3.00. The molecule has 0 aliphatic carbocycles. The molecule has 2 unspecified atom stereocenters. The third-order valence-electron chi connectivity index (χ3n) is 6.09. The molecule has 2 aliphatic rings. The number of piperidine rings is 1. The summed E-state index contributed by atoms with van der Waals surface area (Å²) in [5.74, 6) is 2.62. The maximum absolute atomic E-state index is 12.6. The molecule has 2 aromatic rings. The van der Waals surface area contributed by atoms with E-state index >= 15 is 0 Å². The maximum atomic E-state index is 12.6. The largest absolute Gasteiger partial charge is 1.00 e. The van der Waals surface area contributed by atoms with Crippen LogP contribution in [0, 0.1) is 12.3 Å². The minimum atomic E-state index is -0.218. The van der Waals surface area contributed by atoms with Crippen LogP contribution in [0.4, 0.5) is 0 Å². The number of ether oxygens (including phenoxy) is 1. The minimum absolute atomic E-state index is 0. The molecule has 2 atom stereocenters. The number of esters is 1. The first-order chi connectivity index (χ1) is 11.6. The van der Waals surface area contributed by atoms with Gasteiger partial charge in [0.15, 0.2) is 0 Å². The van der Waals surface area contributed by atoms with E-state index in [0.717, 1.165) is 34.8 Å². The number of nitrogens with one attached hydrogen (secondary N) is 1. The van der Waals surface area contributed by atoms with E-state index in [0.29, 0.717) is 17.6 Å². The molecule has 0 spiro atoms. The van der Waals surface area contributed by atoms with Crippen LogP contribution in [-0.4, -0.2) is 47.2 Å². The first kappa shape index (κ1) is 18.0. The molecule has 2 bridgehead atoms. The van der Waals surface area contributed by atoms with Gasteiger partial charge in [0.1, 0.15) is 12.6 Å². The third kappa shape index (κ3) is 2.98. The van der Waals surface area contributed by atoms with E-state index in [1.807, 2.05) is 24.3 Å². The quantitative estimate of drug-likeness (QED) is 0.449. The molecule has 1 N–H and O–H groups in total. The molecule has 2 saturated heterocycles. The number of rotatable bonds is 3. The number of carbonyl (C=O) groups is 1. The molecule has 0 saturated carbocycles. The summed E-state index contributed by atoms with van der Waals surface area (Å²) < 4.78 is 6.83. The Morgan fingerprint density at radius 1 is 1.32 bits per heavy atom. The second kappa shape index (κ2) is 6.86. The van der Waals surface area contributed by atoms with E-state index in [9.17, 15) is 4.79 Å². The van der Waals surface area contributed by atoms with Crippen LogP contribution in [0.25, 0.3) is 10.9 Å². The molecule has 2 aliphatic heterocycles. The highest BCUT2D eigenvalue weighted by molar-refractivity contribution is 6.04. The van der Waals surface area contributed by atoms with Crippen molar-refractivity contribution in [3.8, 4) is 12.3 Å². The molecule has 4 rings (SSSR count). The van der Waals surface area contributed by atoms with E-state index in [4.69, 9.17) is 11.2 Å². The number of H-pyrrole nitrogens is 1. The average Bonchev–Trinajstić information content (AvgIpc) is 3.03. The number of para-hydroxylation sites is 1. The van der Waals surface area contributed by atoms with E-state index in [-0.39, 0.29) is 29.1 Å². The number of quaternary nitrogens is 1. The molecular weight excluding hydrogens is 380 g/mol. The highest BCUT2D eigenvalue weighted by Gasteiger charge is 2.52. The number of carbonyl (C=O) groups excluding carboxylic acids is 1. The fourth-order valence-electron chi connectivity index (χ4n) is 4.70. The zero-order valence-corrected chi connectivity index (χ0v) is 16.0. The molecule has 3 heterocycles. The molecule has 0 radical (unpaired) electrons. The number of aromatic amines is 1. The summed E-state index contributed by atoms with van der Waals surface area (Å²) in [6.07, 6.45) is 11.5. The number of hydrogen-bond acceptors (Lipinski definition) is 2. The fourth-order valence-corrected chi connectivity index (χ4v) is 4.70. The summed E-state index contributed by atoms with van der Waals surface area (Å²) in [5, 5.41) is 0.925. The zero-order chi connectivity index (χ0) is 16.7. The molecule has 1 aromatic carbocycles. The minimum Gasteiger partial charge on any atom is -1.00 e. The molecule has 5 heteroatoms. The average molecular weight is 403 g/mol. The van der Waals surface area contributed by atoms with Crippen molar-refractivity contribution >= 4 is 16.9 Å². The molecular formula is C20H23BrN2O2. The smallest absolute Gasteiger partial charge is 0.340 e. The predicted octanol–water partition coefficient (Wildman–Crippen LogP) is 0.102. The highest BCUT2D eigenvalue weighted by atomic mass is 79.9. The van der Waals surface area contributed by atoms with Gasteiger partial charge in [0.2, 0.25) is 0 Å². The summed E-state index contributed by atoms with van der Waals surface area (Å²) in [5.41, 5.74) is 1.59. The van der Waals surface area contributed by atoms with Crippen molar-refractivity contribution in [2.45, 2.75) is 43.9 Å². The Balaban J connectivity index is 0.00000182. The SMILES string of the molecule is C#CC[N+]1(C)C2CCC1CC(OC(=O)c1c[nH]c3ccccc13)C2.[Br-]. The van der Waals surface area contributed by atoms with Crippen LogP contribution in [0.2, 0.25) is 0 Å². The Labute approximate surface area is 158 Å². The van der Waals surface area contributed by atoms with Crippen molar-refractivity contribution in [2.75, 3.05) is 13.6 Å². The van der Waals surface area contributed by atoms with E-state index < -0.39 is 0 Å². The van der Waals surface area contributed by atoms with Crippen molar-refractivity contribution in [3.63, 3.8) is 0 Å². The molecule has 1 aromatic heterocycles. The van der Waals surface area contributed by atoms with Crippen LogP contribution in [0.1, 0.15) is 36.0 Å². The van der Waals surface area contributed by atoms with Crippen LogP contribution in [0.15, 0.2) is 30.5 Å². The van der Waals surface area contributed by atoms with Crippen molar-refractivity contribution in [3.05, 3.63) is 36.0 Å². The van der Waals surface area contributed by atoms with Crippen molar-refractivity contribution < 1.29 is 31.0 Å². The van der Waals surface area contributed by atoms with E-state index in [2.05, 4.69) is 18.0 Å². The lowest BCUT2D eigenvalue weighted by Gasteiger charge is -2.45. The number of nitrogens with zero attached hydrogens (tertiary/aromatic N) is 1. The number of benzene rings is 1. The number of aromatic nitrogens is 1. The van der Waals surface area contributed by atoms with Gasteiger partial charge in [-0.15, -0.1) is 6.42 Å². The fraction of sp³-hybridized carbons (Fsp3) is 0.450. The molecule has 4 nitrogen and oxygen atoms in total. The summed E-state index contributed by atoms with van der Waals surface area (Å²) >= 11 is 0. The van der Waals surface area contributed by atoms with Gasteiger partial charge in [0.25, 0.3) is 0 Å². The summed E-state index contributed by atoms with van der Waals surface area (Å²) in [6, 6.07) is 8.85. The molecule has 132 valence electrons. The third-order valence-corrected chi connectivity index (χ3v) is 6.09. The van der Waals surface area contributed by atoms with Crippen molar-refractivity contribution in [1.29, 1.82) is 0 Å². The Morgan fingerprint density at radius 2 is 2.00 bits per heavy atom. The van der Waals surface area contributed by atoms with Gasteiger partial charge >= 0.3 is 5.97 Å². The second-order valence-corrected chi connectivity index (χ2v) is 7.34. The summed E-state index contributed by atoms with van der Waals surface area (Å²) in [4.78, 5) is 15.8. The van der Waals surface area contributed by atoms with E-state index in [1.54, 1.807) is 6.20 Å². The Morgan fingerprint density at radius 3 is 2.68 bits per heavy atom. The van der Waals surface area contributed by atoms with Gasteiger partial charge < -0.3 is 31.2 Å². The maximum Gasteiger partial charge on any atom is 0.340 e. The van der Waals surface area contributed by atoms with Crippen molar-refractivity contribution in [1.82, 2.24) is 4.98 Å². The molecule has 25 heavy (non-hydrogen) atoms. The number of fused-ring (bicyclic) bond motifs is 3. The topological polar surface area (TPSA) is 42.1 Å². The standard InChI is InChI=1S/C20H22N2O2.BrH/c1-3-10-22(2)14-8-9-15(22)12-16(11-14)24-20(23)18-13-21-19-7-5-4-6-17(18)19;/h1,4-7,13-16H,8-12H2,2H3;1H.